The Labute approximate surface area is 185 Å². The molecule has 4 heteroatoms. The molecule has 0 aromatic carbocycles. The van der Waals surface area contributed by atoms with Crippen LogP contribution in [0.25, 0.3) is 0 Å². The number of esters is 2. The highest BCUT2D eigenvalue weighted by Gasteiger charge is 2.38. The lowest BCUT2D eigenvalue weighted by atomic mass is 9.82. The first-order valence-electron chi connectivity index (χ1n) is 12.0. The SMILES string of the molecule is CC(C)CC(CC(C)C)OC(=O)C1CC=CCC1C(=O)OC(CC(C)C)CC(C)C. The van der Waals surface area contributed by atoms with E-state index in [1.165, 1.54) is 0 Å². The summed E-state index contributed by atoms with van der Waals surface area (Å²) < 4.78 is 11.9. The van der Waals surface area contributed by atoms with E-state index < -0.39 is 11.8 Å². The number of rotatable bonds is 12. The summed E-state index contributed by atoms with van der Waals surface area (Å²) in [5, 5.41) is 0. The van der Waals surface area contributed by atoms with Gasteiger partial charge in [-0.1, -0.05) is 67.5 Å². The van der Waals surface area contributed by atoms with E-state index >= 15 is 0 Å². The van der Waals surface area contributed by atoms with E-state index in [1.807, 2.05) is 12.2 Å². The Morgan fingerprint density at radius 1 is 0.633 bits per heavy atom. The van der Waals surface area contributed by atoms with Crippen LogP contribution in [0.15, 0.2) is 12.2 Å². The highest BCUT2D eigenvalue weighted by Crippen LogP contribution is 2.31. The third kappa shape index (κ3) is 10.1. The molecule has 0 fully saturated rings. The second-order valence-corrected chi connectivity index (χ2v) is 10.8. The molecular formula is C26H46O4. The molecule has 0 N–H and O–H groups in total. The van der Waals surface area contributed by atoms with Crippen molar-refractivity contribution in [2.24, 2.45) is 35.5 Å². The van der Waals surface area contributed by atoms with Crippen LogP contribution in [0.2, 0.25) is 0 Å². The van der Waals surface area contributed by atoms with Crippen molar-refractivity contribution < 1.29 is 19.1 Å². The number of hydrogen-bond acceptors (Lipinski definition) is 4. The largest absolute Gasteiger partial charge is 0.462 e. The van der Waals surface area contributed by atoms with Gasteiger partial charge < -0.3 is 9.47 Å². The number of allylic oxidation sites excluding steroid dienone is 2. The van der Waals surface area contributed by atoms with E-state index in [0.29, 0.717) is 36.5 Å². The first kappa shape index (κ1) is 26.7. The third-order valence-electron chi connectivity index (χ3n) is 5.54. The Balaban J connectivity index is 2.85. The number of hydrogen-bond donors (Lipinski definition) is 0. The molecular weight excluding hydrogens is 376 g/mol. The fraction of sp³-hybridized carbons (Fsp3) is 0.846. The predicted molar refractivity (Wildman–Crippen MR) is 123 cm³/mol. The van der Waals surface area contributed by atoms with Crippen molar-refractivity contribution >= 4 is 11.9 Å². The quantitative estimate of drug-likeness (QED) is 0.263. The first-order chi connectivity index (χ1) is 14.0. The minimum absolute atomic E-state index is 0.0882. The smallest absolute Gasteiger partial charge is 0.310 e. The minimum Gasteiger partial charge on any atom is -0.462 e. The second-order valence-electron chi connectivity index (χ2n) is 10.8. The van der Waals surface area contributed by atoms with Gasteiger partial charge in [0.25, 0.3) is 0 Å². The summed E-state index contributed by atoms with van der Waals surface area (Å²) >= 11 is 0. The minimum atomic E-state index is -0.442. The van der Waals surface area contributed by atoms with E-state index in [1.54, 1.807) is 0 Å². The van der Waals surface area contributed by atoms with Gasteiger partial charge in [-0.3, -0.25) is 9.59 Å². The lowest BCUT2D eigenvalue weighted by molar-refractivity contribution is -0.168. The van der Waals surface area contributed by atoms with Gasteiger partial charge in [0, 0.05) is 0 Å². The van der Waals surface area contributed by atoms with Crippen LogP contribution in [0.1, 0.15) is 93.9 Å². The molecule has 0 aromatic rings. The normalized spacial score (nSPS) is 19.5. The van der Waals surface area contributed by atoms with Gasteiger partial charge in [0.05, 0.1) is 11.8 Å². The van der Waals surface area contributed by atoms with Crippen molar-refractivity contribution in [1.82, 2.24) is 0 Å². The van der Waals surface area contributed by atoms with Gasteiger partial charge in [-0.15, -0.1) is 0 Å². The van der Waals surface area contributed by atoms with Crippen molar-refractivity contribution in [1.29, 1.82) is 0 Å². The Morgan fingerprint density at radius 3 is 1.13 bits per heavy atom. The monoisotopic (exact) mass is 422 g/mol. The fourth-order valence-corrected chi connectivity index (χ4v) is 4.33. The molecule has 0 heterocycles. The van der Waals surface area contributed by atoms with E-state index in [4.69, 9.17) is 9.47 Å². The van der Waals surface area contributed by atoms with E-state index in [9.17, 15) is 9.59 Å². The molecule has 0 saturated carbocycles. The summed E-state index contributed by atoms with van der Waals surface area (Å²) in [4.78, 5) is 26.1. The molecule has 0 amide bonds. The highest BCUT2D eigenvalue weighted by molar-refractivity contribution is 5.83. The second kappa shape index (κ2) is 13.2. The summed E-state index contributed by atoms with van der Waals surface area (Å²) in [7, 11) is 0. The van der Waals surface area contributed by atoms with Crippen LogP contribution in [-0.4, -0.2) is 24.1 Å². The van der Waals surface area contributed by atoms with Crippen LogP contribution in [0.3, 0.4) is 0 Å². The standard InChI is InChI=1S/C26H46O4/c1-17(2)13-21(14-18(3)4)29-25(27)23-11-9-10-12-24(23)26(28)30-22(15-19(5)6)16-20(7)8/h9-10,17-24H,11-16H2,1-8H3. The van der Waals surface area contributed by atoms with Crippen LogP contribution in [0.5, 0.6) is 0 Å². The molecule has 0 spiro atoms. The van der Waals surface area contributed by atoms with Crippen molar-refractivity contribution in [2.45, 2.75) is 106 Å². The van der Waals surface area contributed by atoms with Crippen LogP contribution in [0, 0.1) is 35.5 Å². The molecule has 0 aromatic heterocycles. The molecule has 0 radical (unpaired) electrons. The summed E-state index contributed by atoms with van der Waals surface area (Å²) in [5.41, 5.74) is 0. The van der Waals surface area contributed by atoms with Crippen LogP contribution in [-0.2, 0) is 19.1 Å². The van der Waals surface area contributed by atoms with Crippen molar-refractivity contribution in [3.8, 4) is 0 Å². The molecule has 2 unspecified atom stereocenters. The van der Waals surface area contributed by atoms with Gasteiger partial charge in [0.1, 0.15) is 12.2 Å². The maximum Gasteiger partial charge on any atom is 0.310 e. The van der Waals surface area contributed by atoms with Gasteiger partial charge in [-0.05, 0) is 62.2 Å². The van der Waals surface area contributed by atoms with Gasteiger partial charge >= 0.3 is 11.9 Å². The van der Waals surface area contributed by atoms with Gasteiger partial charge in [-0.25, -0.2) is 0 Å². The Bertz CT molecular complexity index is 479. The van der Waals surface area contributed by atoms with Gasteiger partial charge in [0.2, 0.25) is 0 Å². The number of carbonyl (C=O) groups is 2. The Morgan fingerprint density at radius 2 is 0.900 bits per heavy atom. The zero-order valence-corrected chi connectivity index (χ0v) is 20.6. The van der Waals surface area contributed by atoms with Gasteiger partial charge in [0.15, 0.2) is 0 Å². The molecule has 30 heavy (non-hydrogen) atoms. The van der Waals surface area contributed by atoms with Crippen molar-refractivity contribution in [3.05, 3.63) is 12.2 Å². The number of ether oxygens (including phenoxy) is 2. The van der Waals surface area contributed by atoms with Gasteiger partial charge in [-0.2, -0.15) is 0 Å². The van der Waals surface area contributed by atoms with Crippen molar-refractivity contribution in [3.63, 3.8) is 0 Å². The van der Waals surface area contributed by atoms with Crippen LogP contribution >= 0.6 is 0 Å². The number of carbonyl (C=O) groups excluding carboxylic acids is 2. The topological polar surface area (TPSA) is 52.6 Å². The molecule has 1 aliphatic carbocycles. The van der Waals surface area contributed by atoms with E-state index in [-0.39, 0.29) is 24.1 Å². The van der Waals surface area contributed by atoms with E-state index in [2.05, 4.69) is 55.4 Å². The zero-order chi connectivity index (χ0) is 22.8. The molecule has 2 atom stereocenters. The molecule has 0 bridgehead atoms. The maximum absolute atomic E-state index is 13.1. The van der Waals surface area contributed by atoms with E-state index in [0.717, 1.165) is 25.7 Å². The average Bonchev–Trinajstić information content (AvgIpc) is 2.59. The predicted octanol–water partition coefficient (Wildman–Crippen LogP) is 6.58. The average molecular weight is 423 g/mol. The summed E-state index contributed by atoms with van der Waals surface area (Å²) in [6.07, 6.45) is 8.33. The summed E-state index contributed by atoms with van der Waals surface area (Å²) in [6.45, 7) is 17.2. The molecule has 0 saturated heterocycles. The molecule has 1 rings (SSSR count). The fourth-order valence-electron chi connectivity index (χ4n) is 4.33. The highest BCUT2D eigenvalue weighted by atomic mass is 16.6. The van der Waals surface area contributed by atoms with Crippen LogP contribution in [0.4, 0.5) is 0 Å². The Hall–Kier alpha value is -1.32. The third-order valence-corrected chi connectivity index (χ3v) is 5.54. The van der Waals surface area contributed by atoms with Crippen molar-refractivity contribution in [2.75, 3.05) is 0 Å². The summed E-state index contributed by atoms with van der Waals surface area (Å²) in [5.74, 6) is 0.477. The zero-order valence-electron chi connectivity index (χ0n) is 20.6. The molecule has 0 aliphatic heterocycles. The molecule has 1 aliphatic rings. The Kier molecular flexibility index (Phi) is 11.7. The molecule has 174 valence electrons. The maximum atomic E-state index is 13.1. The summed E-state index contributed by atoms with van der Waals surface area (Å²) in [6, 6.07) is 0. The lowest BCUT2D eigenvalue weighted by Gasteiger charge is -2.30. The van der Waals surface area contributed by atoms with Crippen LogP contribution < -0.4 is 0 Å². The molecule has 4 nitrogen and oxygen atoms in total. The lowest BCUT2D eigenvalue weighted by Crippen LogP contribution is -2.37. The first-order valence-corrected chi connectivity index (χ1v) is 12.0.